The summed E-state index contributed by atoms with van der Waals surface area (Å²) in [5.41, 5.74) is 1.25. The van der Waals surface area contributed by atoms with E-state index in [0.29, 0.717) is 11.8 Å². The van der Waals surface area contributed by atoms with Crippen molar-refractivity contribution in [2.24, 2.45) is 5.92 Å². The number of nitrogens with zero attached hydrogens (tertiary/aromatic N) is 1. The number of aryl methyl sites for hydroxylation is 1. The maximum absolute atomic E-state index is 6.54. The molecule has 1 aliphatic heterocycles. The molecule has 0 saturated carbocycles. The van der Waals surface area contributed by atoms with E-state index in [1.54, 1.807) is 6.20 Å². The van der Waals surface area contributed by atoms with E-state index in [9.17, 15) is 0 Å². The van der Waals surface area contributed by atoms with Crippen LogP contribution in [0.25, 0.3) is 0 Å². The Hall–Kier alpha value is -2.03. The first-order valence-electron chi connectivity index (χ1n) is 9.51. The highest BCUT2D eigenvalue weighted by atomic mass is 16.5. The molecule has 0 aliphatic carbocycles. The first-order valence-corrected chi connectivity index (χ1v) is 9.51. The van der Waals surface area contributed by atoms with E-state index in [0.717, 1.165) is 43.6 Å². The van der Waals surface area contributed by atoms with E-state index in [2.05, 4.69) is 37.9 Å². The third-order valence-electron chi connectivity index (χ3n) is 4.95. The van der Waals surface area contributed by atoms with Crippen LogP contribution in [0.2, 0.25) is 0 Å². The normalized spacial score (nSPS) is 19.4. The lowest BCUT2D eigenvalue weighted by molar-refractivity contribution is 0.0233. The zero-order valence-electron chi connectivity index (χ0n) is 15.6. The van der Waals surface area contributed by atoms with Crippen molar-refractivity contribution in [1.29, 1.82) is 0 Å². The average molecular weight is 339 g/mol. The van der Waals surface area contributed by atoms with E-state index < -0.39 is 0 Å². The fourth-order valence-corrected chi connectivity index (χ4v) is 3.57. The Morgan fingerprint density at radius 3 is 2.80 bits per heavy atom. The van der Waals surface area contributed by atoms with Gasteiger partial charge in [0.05, 0.1) is 0 Å². The van der Waals surface area contributed by atoms with Gasteiger partial charge in [0, 0.05) is 12.3 Å². The summed E-state index contributed by atoms with van der Waals surface area (Å²) in [6, 6.07) is 11.8. The van der Waals surface area contributed by atoms with Gasteiger partial charge >= 0.3 is 0 Å². The second kappa shape index (κ2) is 7.90. The van der Waals surface area contributed by atoms with Crippen molar-refractivity contribution in [3.05, 3.63) is 48.2 Å². The molecule has 0 bridgehead atoms. The van der Waals surface area contributed by atoms with Crippen LogP contribution in [0.4, 0.5) is 0 Å². The van der Waals surface area contributed by atoms with Gasteiger partial charge in [0.15, 0.2) is 0 Å². The van der Waals surface area contributed by atoms with Gasteiger partial charge in [0.2, 0.25) is 5.88 Å². The molecule has 0 fully saturated rings. The largest absolute Gasteiger partial charge is 0.487 e. The predicted molar refractivity (Wildman–Crippen MR) is 101 cm³/mol. The minimum atomic E-state index is 0.00930. The fraction of sp³-hybridized carbons (Fsp3) is 0.500. The summed E-state index contributed by atoms with van der Waals surface area (Å²) in [4.78, 5) is 4.22. The van der Waals surface area contributed by atoms with Crippen LogP contribution in [-0.2, 0) is 6.42 Å². The van der Waals surface area contributed by atoms with E-state index in [1.165, 1.54) is 12.0 Å². The number of aromatic nitrogens is 1. The molecule has 0 N–H and O–H groups in total. The number of fused-ring (bicyclic) bond motifs is 1. The van der Waals surface area contributed by atoms with Gasteiger partial charge in [-0.3, -0.25) is 0 Å². The van der Waals surface area contributed by atoms with Gasteiger partial charge < -0.3 is 9.47 Å². The van der Waals surface area contributed by atoms with E-state index >= 15 is 0 Å². The minimum Gasteiger partial charge on any atom is -0.487 e. The zero-order chi connectivity index (χ0) is 17.7. The van der Waals surface area contributed by atoms with Crippen molar-refractivity contribution in [2.75, 3.05) is 0 Å². The summed E-state index contributed by atoms with van der Waals surface area (Å²) in [6.07, 6.45) is 8.53. The number of benzene rings is 1. The van der Waals surface area contributed by atoms with Crippen molar-refractivity contribution in [3.8, 4) is 17.4 Å². The van der Waals surface area contributed by atoms with E-state index in [1.807, 2.05) is 24.3 Å². The summed E-state index contributed by atoms with van der Waals surface area (Å²) < 4.78 is 12.4. The van der Waals surface area contributed by atoms with Crippen molar-refractivity contribution in [3.63, 3.8) is 0 Å². The number of rotatable bonds is 7. The molecular formula is C22H29NO2. The van der Waals surface area contributed by atoms with Crippen molar-refractivity contribution < 1.29 is 9.47 Å². The van der Waals surface area contributed by atoms with Crippen LogP contribution in [0.1, 0.15) is 58.4 Å². The Morgan fingerprint density at radius 1 is 1.20 bits per heavy atom. The summed E-state index contributed by atoms with van der Waals surface area (Å²) in [7, 11) is 0. The minimum absolute atomic E-state index is 0.00930. The maximum atomic E-state index is 6.54. The van der Waals surface area contributed by atoms with Gasteiger partial charge in [-0.2, -0.15) is 0 Å². The molecule has 134 valence electrons. The van der Waals surface area contributed by atoms with Crippen LogP contribution in [-0.4, -0.2) is 10.6 Å². The summed E-state index contributed by atoms with van der Waals surface area (Å²) in [5, 5.41) is 0. The summed E-state index contributed by atoms with van der Waals surface area (Å²) in [5.74, 6) is 3.19. The SMILES string of the molecule is CCCC1(CCC(C)C)CCc2cc(Oc3ccccn3)ccc2O1. The molecule has 1 aliphatic rings. The van der Waals surface area contributed by atoms with Crippen LogP contribution >= 0.6 is 0 Å². The molecule has 1 atom stereocenters. The van der Waals surface area contributed by atoms with Gasteiger partial charge in [0.1, 0.15) is 17.1 Å². The second-order valence-corrected chi connectivity index (χ2v) is 7.51. The lowest BCUT2D eigenvalue weighted by Crippen LogP contribution is -2.39. The van der Waals surface area contributed by atoms with Crippen molar-refractivity contribution in [2.45, 2.75) is 64.9 Å². The molecular weight excluding hydrogens is 310 g/mol. The highest BCUT2D eigenvalue weighted by Gasteiger charge is 2.35. The number of ether oxygens (including phenoxy) is 2. The number of hydrogen-bond acceptors (Lipinski definition) is 3. The fourth-order valence-electron chi connectivity index (χ4n) is 3.57. The third-order valence-corrected chi connectivity index (χ3v) is 4.95. The highest BCUT2D eigenvalue weighted by Crippen LogP contribution is 2.41. The summed E-state index contributed by atoms with van der Waals surface area (Å²) in [6.45, 7) is 6.83. The molecule has 2 heterocycles. The molecule has 1 unspecified atom stereocenters. The molecule has 2 aromatic rings. The van der Waals surface area contributed by atoms with Gasteiger partial charge in [0.25, 0.3) is 0 Å². The highest BCUT2D eigenvalue weighted by molar-refractivity contribution is 5.43. The smallest absolute Gasteiger partial charge is 0.219 e. The van der Waals surface area contributed by atoms with E-state index in [-0.39, 0.29) is 5.60 Å². The molecule has 1 aromatic heterocycles. The monoisotopic (exact) mass is 339 g/mol. The van der Waals surface area contributed by atoms with Gasteiger partial charge in [-0.25, -0.2) is 4.98 Å². The topological polar surface area (TPSA) is 31.4 Å². The maximum Gasteiger partial charge on any atom is 0.219 e. The number of pyridine rings is 1. The standard InChI is InChI=1S/C22H29NO2/c1-4-12-22(13-10-17(2)3)14-11-18-16-19(8-9-20(18)25-22)24-21-7-5-6-15-23-21/h5-9,15-17H,4,10-14H2,1-3H3. The average Bonchev–Trinajstić information content (AvgIpc) is 2.61. The molecule has 3 heteroatoms. The molecule has 3 rings (SSSR count). The Labute approximate surface area is 151 Å². The van der Waals surface area contributed by atoms with Crippen LogP contribution in [0.3, 0.4) is 0 Å². The Bertz CT molecular complexity index is 684. The molecule has 25 heavy (non-hydrogen) atoms. The van der Waals surface area contributed by atoms with Crippen molar-refractivity contribution >= 4 is 0 Å². The van der Waals surface area contributed by atoms with Gasteiger partial charge in [-0.05, 0) is 67.9 Å². The summed E-state index contributed by atoms with van der Waals surface area (Å²) >= 11 is 0. The Kier molecular flexibility index (Phi) is 5.62. The molecule has 0 amide bonds. The predicted octanol–water partition coefficient (Wildman–Crippen LogP) is 6.17. The Morgan fingerprint density at radius 2 is 2.08 bits per heavy atom. The lowest BCUT2D eigenvalue weighted by Gasteiger charge is -2.39. The Balaban J connectivity index is 1.74. The van der Waals surface area contributed by atoms with Gasteiger partial charge in [-0.15, -0.1) is 0 Å². The first kappa shape index (κ1) is 17.8. The lowest BCUT2D eigenvalue weighted by atomic mass is 9.82. The first-order chi connectivity index (χ1) is 12.1. The van der Waals surface area contributed by atoms with Crippen LogP contribution in [0.15, 0.2) is 42.6 Å². The van der Waals surface area contributed by atoms with Gasteiger partial charge in [-0.1, -0.05) is 33.3 Å². The van der Waals surface area contributed by atoms with E-state index in [4.69, 9.17) is 9.47 Å². The molecule has 0 spiro atoms. The molecule has 0 radical (unpaired) electrons. The second-order valence-electron chi connectivity index (χ2n) is 7.51. The van der Waals surface area contributed by atoms with Crippen LogP contribution in [0.5, 0.6) is 17.4 Å². The van der Waals surface area contributed by atoms with Crippen LogP contribution in [0, 0.1) is 5.92 Å². The van der Waals surface area contributed by atoms with Crippen molar-refractivity contribution in [1.82, 2.24) is 4.98 Å². The van der Waals surface area contributed by atoms with Crippen LogP contribution < -0.4 is 9.47 Å². The zero-order valence-corrected chi connectivity index (χ0v) is 15.6. The number of hydrogen-bond donors (Lipinski definition) is 0. The molecule has 0 saturated heterocycles. The third kappa shape index (κ3) is 4.53. The molecule has 1 aromatic carbocycles. The quantitative estimate of drug-likeness (QED) is 0.604. The molecule has 3 nitrogen and oxygen atoms in total.